The van der Waals surface area contributed by atoms with Crippen molar-refractivity contribution in [1.82, 2.24) is 36.4 Å². The molecule has 0 bridgehead atoms. The van der Waals surface area contributed by atoms with Crippen molar-refractivity contribution in [1.29, 1.82) is 0 Å². The van der Waals surface area contributed by atoms with Gasteiger partial charge in [0.15, 0.2) is 11.6 Å². The first-order valence-electron chi connectivity index (χ1n) is 28.5. The zero-order valence-electron chi connectivity index (χ0n) is 49.3. The number of methoxy groups -OCH3 is 2. The summed E-state index contributed by atoms with van der Waals surface area (Å²) in [5.74, 6) is -2.06. The van der Waals surface area contributed by atoms with Crippen molar-refractivity contribution >= 4 is 47.1 Å². The van der Waals surface area contributed by atoms with E-state index in [0.29, 0.717) is 70.7 Å². The highest BCUT2D eigenvalue weighted by Crippen LogP contribution is 2.30. The normalized spacial score (nSPS) is 19.9. The number of nitrogens with zero attached hydrogens (tertiary/aromatic N) is 2. The molecule has 0 spiro atoms. The third-order valence-corrected chi connectivity index (χ3v) is 14.6. The Morgan fingerprint density at radius 3 is 1.20 bits per heavy atom. The first kappa shape index (κ1) is 69.1. The predicted molar refractivity (Wildman–Crippen MR) is 320 cm³/mol. The van der Waals surface area contributed by atoms with E-state index >= 15 is 0 Å². The van der Waals surface area contributed by atoms with E-state index in [-0.39, 0.29) is 57.3 Å². The molecule has 0 unspecified atom stereocenters. The molecule has 0 radical (unpaired) electrons. The van der Waals surface area contributed by atoms with Crippen LogP contribution in [0.1, 0.15) is 57.4 Å². The van der Waals surface area contributed by atoms with Gasteiger partial charge in [-0.15, -0.1) is 0 Å². The van der Waals surface area contributed by atoms with Crippen molar-refractivity contribution < 1.29 is 71.9 Å². The summed E-state index contributed by atoms with van der Waals surface area (Å²) in [6, 6.07) is 28.0. The van der Waals surface area contributed by atoms with Crippen molar-refractivity contribution in [3.05, 3.63) is 131 Å². The van der Waals surface area contributed by atoms with Crippen molar-refractivity contribution in [3.8, 4) is 11.5 Å². The lowest BCUT2D eigenvalue weighted by molar-refractivity contribution is -0.139. The standard InChI is InChI=1S/C31H40N4O7.C25H31N3O5.C6H11NO3.CH4/c1-21(32-27(36)19-35-13-15-41-16-14-35)29(38)34-26(18-23-9-11-24(40-3)12-10-23)30(39)33-25(28(37)31(2)20-42-31)17-22-7-5-4-6-8-22;1-16(26)23(30)28-21(14-18-9-11-19(32-3)12-10-18)24(31)27-20(22(29)25(2)15-33-25)13-17-7-5-4-6-8-17;8-6(9)5-7-1-3-10-4-2-7;/h4-12,21,25-26H,13-20H2,1-3H3,(H,32,36)(H,33,39)(H,34,38);4-12,16,20-21H,13-15,26H2,1-3H3,(H,27,31)(H,28,30);1-5H2,(H,8,9);1H4/t21-,25-,26-,31+;16-,20-,21-,25+;;/m00../s1. The molecule has 8 rings (SSSR count). The quantitative estimate of drug-likeness (QED) is 0.0419. The maximum absolute atomic E-state index is 13.7. The van der Waals surface area contributed by atoms with Crippen LogP contribution in [-0.4, -0.2) is 203 Å². The molecule has 4 aliphatic heterocycles. The second kappa shape index (κ2) is 33.9. The molecule has 4 saturated heterocycles. The molecule has 0 saturated carbocycles. The minimum absolute atomic E-state index is 0. The molecular weight excluding hydrogens is 1110 g/mol. The van der Waals surface area contributed by atoms with Gasteiger partial charge in [0.2, 0.25) is 29.5 Å². The lowest BCUT2D eigenvalue weighted by Gasteiger charge is -2.27. The summed E-state index contributed by atoms with van der Waals surface area (Å²) in [5.41, 5.74) is 7.26. The van der Waals surface area contributed by atoms with Crippen LogP contribution in [0, 0.1) is 0 Å². The topological polar surface area (TPSA) is 311 Å². The Kier molecular flexibility index (Phi) is 27.2. The van der Waals surface area contributed by atoms with Gasteiger partial charge in [-0.1, -0.05) is 92.4 Å². The van der Waals surface area contributed by atoms with Gasteiger partial charge < -0.3 is 65.8 Å². The highest BCUT2D eigenvalue weighted by molar-refractivity contribution is 5.99. The van der Waals surface area contributed by atoms with E-state index in [1.807, 2.05) is 94.7 Å². The number of carbonyl (C=O) groups excluding carboxylic acids is 7. The van der Waals surface area contributed by atoms with E-state index < -0.39 is 77.1 Å². The van der Waals surface area contributed by atoms with E-state index in [1.54, 1.807) is 66.2 Å². The van der Waals surface area contributed by atoms with Gasteiger partial charge in [0, 0.05) is 39.0 Å². The number of carbonyl (C=O) groups is 8. The second-order valence-corrected chi connectivity index (χ2v) is 21.7. The number of Topliss-reactive ketones (excluding diaryl/α,β-unsaturated/α-hetero) is 2. The SMILES string of the molecule is C.COc1ccc(C[C@H](NC(=O)[C@H](C)N)C(=O)N[C@@H](Cc2ccccc2)C(=O)[C@@]2(C)CO2)cc1.COc1ccc(C[C@H](NC(=O)[C@H](C)NC(=O)CN2CCOCC2)C(=O)N[C@@H](Cc2ccccc2)C(=O)[C@@]2(C)CO2)cc1.O=C(O)CN1CCOCC1. The predicted octanol–water partition coefficient (Wildman–Crippen LogP) is 1.84. The fourth-order valence-corrected chi connectivity index (χ4v) is 9.18. The minimum Gasteiger partial charge on any atom is -0.497 e. The molecule has 5 amide bonds. The van der Waals surface area contributed by atoms with Gasteiger partial charge in [-0.25, -0.2) is 0 Å². The molecule has 8 atom stereocenters. The van der Waals surface area contributed by atoms with Crippen molar-refractivity contribution in [3.63, 3.8) is 0 Å². The van der Waals surface area contributed by atoms with Gasteiger partial charge in [-0.05, 0) is 87.1 Å². The van der Waals surface area contributed by atoms with Crippen LogP contribution in [0.25, 0.3) is 0 Å². The van der Waals surface area contributed by atoms with Gasteiger partial charge in [-0.3, -0.25) is 48.2 Å². The first-order valence-corrected chi connectivity index (χ1v) is 28.5. The fraction of sp³-hybridized carbons (Fsp3) is 0.492. The van der Waals surface area contributed by atoms with Crippen molar-refractivity contribution in [2.24, 2.45) is 5.73 Å². The molecular formula is C63H86N8O15. The van der Waals surface area contributed by atoms with E-state index in [4.69, 9.17) is 39.3 Å². The Morgan fingerprint density at radius 2 is 0.849 bits per heavy atom. The minimum atomic E-state index is -1.01. The maximum atomic E-state index is 13.7. The summed E-state index contributed by atoms with van der Waals surface area (Å²) in [6.07, 6.45) is 0.993. The number of nitrogens with two attached hydrogens (primary N) is 1. The van der Waals surface area contributed by atoms with E-state index in [9.17, 15) is 38.4 Å². The van der Waals surface area contributed by atoms with E-state index in [0.717, 1.165) is 35.3 Å². The lowest BCUT2D eigenvalue weighted by Crippen LogP contribution is -2.57. The third-order valence-electron chi connectivity index (χ3n) is 14.6. The number of carboxylic acid groups (broad SMARTS) is 1. The maximum Gasteiger partial charge on any atom is 0.317 e. The van der Waals surface area contributed by atoms with Crippen LogP contribution in [0.4, 0.5) is 0 Å². The van der Waals surface area contributed by atoms with E-state index in [2.05, 4.69) is 26.6 Å². The molecule has 86 heavy (non-hydrogen) atoms. The molecule has 0 aliphatic carbocycles. The van der Waals surface area contributed by atoms with Crippen LogP contribution >= 0.6 is 0 Å². The zero-order chi connectivity index (χ0) is 61.5. The Bertz CT molecular complexity index is 2820. The summed E-state index contributed by atoms with van der Waals surface area (Å²) < 4.78 is 31.5. The highest BCUT2D eigenvalue weighted by Gasteiger charge is 2.51. The largest absolute Gasteiger partial charge is 0.497 e. The molecule has 4 fully saturated rings. The molecule has 4 aliphatic rings. The summed E-state index contributed by atoms with van der Waals surface area (Å²) in [6.45, 7) is 12.7. The molecule has 4 heterocycles. The van der Waals surface area contributed by atoms with Gasteiger partial charge in [-0.2, -0.15) is 0 Å². The number of epoxide rings is 2. The number of ether oxygens (including phenoxy) is 6. The average Bonchev–Trinajstić information content (AvgIpc) is 2.84. The first-order chi connectivity index (χ1) is 40.7. The molecule has 4 aromatic rings. The number of ketones is 2. The third kappa shape index (κ3) is 22.7. The van der Waals surface area contributed by atoms with Crippen LogP contribution in [-0.2, 0) is 83.0 Å². The molecule has 0 aromatic heterocycles. The van der Waals surface area contributed by atoms with Crippen molar-refractivity contribution in [2.75, 3.05) is 93.1 Å². The Morgan fingerprint density at radius 1 is 0.512 bits per heavy atom. The molecule has 8 N–H and O–H groups in total. The van der Waals surface area contributed by atoms with Crippen LogP contribution < -0.4 is 41.8 Å². The zero-order valence-corrected chi connectivity index (χ0v) is 49.3. The Labute approximate surface area is 503 Å². The van der Waals surface area contributed by atoms with Crippen LogP contribution in [0.3, 0.4) is 0 Å². The van der Waals surface area contributed by atoms with E-state index in [1.165, 1.54) is 0 Å². The van der Waals surface area contributed by atoms with Crippen LogP contribution in [0.2, 0.25) is 0 Å². The number of benzene rings is 4. The lowest BCUT2D eigenvalue weighted by atomic mass is 9.94. The van der Waals surface area contributed by atoms with Crippen LogP contribution in [0.15, 0.2) is 109 Å². The monoisotopic (exact) mass is 1190 g/mol. The number of hydrogen-bond acceptors (Lipinski definition) is 17. The average molecular weight is 1200 g/mol. The summed E-state index contributed by atoms with van der Waals surface area (Å²) in [5, 5.41) is 22.3. The number of hydrogen-bond donors (Lipinski definition) is 7. The van der Waals surface area contributed by atoms with Gasteiger partial charge >= 0.3 is 5.97 Å². The Hall–Kier alpha value is -7.64. The number of aliphatic carboxylic acids is 1. The van der Waals surface area contributed by atoms with Gasteiger partial charge in [0.1, 0.15) is 40.8 Å². The smallest absolute Gasteiger partial charge is 0.317 e. The number of morpholine rings is 2. The second-order valence-electron chi connectivity index (χ2n) is 21.7. The van der Waals surface area contributed by atoms with Crippen LogP contribution in [0.5, 0.6) is 11.5 Å². The fourth-order valence-electron chi connectivity index (χ4n) is 9.18. The summed E-state index contributed by atoms with van der Waals surface area (Å²) >= 11 is 0. The molecule has 23 heteroatoms. The molecule has 468 valence electrons. The molecule has 4 aromatic carbocycles. The number of nitrogens with one attached hydrogen (secondary N) is 5. The van der Waals surface area contributed by atoms with Gasteiger partial charge in [0.25, 0.3) is 0 Å². The summed E-state index contributed by atoms with van der Waals surface area (Å²) in [4.78, 5) is 106. The number of rotatable bonds is 27. The molecule has 23 nitrogen and oxygen atoms in total. The van der Waals surface area contributed by atoms with Crippen molar-refractivity contribution in [2.45, 2.75) is 108 Å². The summed E-state index contributed by atoms with van der Waals surface area (Å²) in [7, 11) is 3.14. The van der Waals surface area contributed by atoms with Gasteiger partial charge in [0.05, 0.1) is 85.1 Å². The Balaban J connectivity index is 0.000000272. The highest BCUT2D eigenvalue weighted by atomic mass is 16.6. The number of carboxylic acids is 1. The number of amides is 5.